The van der Waals surface area contributed by atoms with Crippen molar-refractivity contribution < 1.29 is 13.2 Å². The lowest BCUT2D eigenvalue weighted by molar-refractivity contribution is 0.0784. The summed E-state index contributed by atoms with van der Waals surface area (Å²) in [5.74, 6) is -0.167. The number of rotatable bonds is 5. The Balaban J connectivity index is 2.17. The van der Waals surface area contributed by atoms with E-state index in [1.807, 2.05) is 24.3 Å². The molecule has 2 aromatic rings. The monoisotopic (exact) mass is 410 g/mol. The van der Waals surface area contributed by atoms with Crippen LogP contribution in [-0.2, 0) is 16.6 Å². The van der Waals surface area contributed by atoms with Gasteiger partial charge in [-0.15, -0.1) is 0 Å². The van der Waals surface area contributed by atoms with Gasteiger partial charge in [-0.05, 0) is 35.9 Å². The average molecular weight is 411 g/mol. The number of nitrogens with zero attached hydrogens (tertiary/aromatic N) is 2. The van der Waals surface area contributed by atoms with Gasteiger partial charge in [0.2, 0.25) is 10.0 Å². The fourth-order valence-corrected chi connectivity index (χ4v) is 3.47. The average Bonchev–Trinajstić information content (AvgIpc) is 2.56. The van der Waals surface area contributed by atoms with E-state index in [1.165, 1.54) is 38.4 Å². The van der Waals surface area contributed by atoms with Crippen molar-refractivity contribution in [3.63, 3.8) is 0 Å². The summed E-state index contributed by atoms with van der Waals surface area (Å²) in [6.07, 6.45) is 0. The largest absolute Gasteiger partial charge is 0.337 e. The van der Waals surface area contributed by atoms with Crippen molar-refractivity contribution >= 4 is 31.9 Å². The molecule has 0 radical (unpaired) electrons. The maximum atomic E-state index is 12.5. The molecule has 0 N–H and O–H groups in total. The predicted molar refractivity (Wildman–Crippen MR) is 97.3 cm³/mol. The fourth-order valence-electron chi connectivity index (χ4n) is 2.15. The highest BCUT2D eigenvalue weighted by molar-refractivity contribution is 9.10. The van der Waals surface area contributed by atoms with Gasteiger partial charge in [-0.3, -0.25) is 4.79 Å². The smallest absolute Gasteiger partial charge is 0.253 e. The quantitative estimate of drug-likeness (QED) is 0.760. The molecule has 24 heavy (non-hydrogen) atoms. The SMILES string of the molecule is CN(Cc1ccccc1Br)C(=O)c1ccc(S(=O)(=O)N(C)C)cc1. The van der Waals surface area contributed by atoms with Crippen LogP contribution in [0.25, 0.3) is 0 Å². The molecular weight excluding hydrogens is 392 g/mol. The molecule has 0 aliphatic rings. The van der Waals surface area contributed by atoms with Gasteiger partial charge in [0.1, 0.15) is 0 Å². The lowest BCUT2D eigenvalue weighted by Gasteiger charge is -2.18. The molecule has 0 unspecified atom stereocenters. The van der Waals surface area contributed by atoms with Crippen LogP contribution in [0.4, 0.5) is 0 Å². The summed E-state index contributed by atoms with van der Waals surface area (Å²) in [5, 5.41) is 0. The third kappa shape index (κ3) is 4.03. The van der Waals surface area contributed by atoms with Gasteiger partial charge < -0.3 is 4.90 Å². The minimum atomic E-state index is -3.49. The number of hydrogen-bond donors (Lipinski definition) is 0. The van der Waals surface area contributed by atoms with Crippen LogP contribution in [0.3, 0.4) is 0 Å². The summed E-state index contributed by atoms with van der Waals surface area (Å²) in [7, 11) is 1.17. The Morgan fingerprint density at radius 3 is 2.12 bits per heavy atom. The van der Waals surface area contributed by atoms with Crippen LogP contribution in [0.5, 0.6) is 0 Å². The van der Waals surface area contributed by atoms with Crippen molar-refractivity contribution in [1.29, 1.82) is 0 Å². The number of sulfonamides is 1. The minimum absolute atomic E-state index is 0.164. The molecule has 7 heteroatoms. The van der Waals surface area contributed by atoms with Gasteiger partial charge in [0.05, 0.1) is 4.90 Å². The molecule has 0 fully saturated rings. The number of halogens is 1. The van der Waals surface area contributed by atoms with Crippen molar-refractivity contribution in [2.75, 3.05) is 21.1 Å². The maximum Gasteiger partial charge on any atom is 0.253 e. The summed E-state index contributed by atoms with van der Waals surface area (Å²) in [4.78, 5) is 14.3. The van der Waals surface area contributed by atoms with Crippen LogP contribution in [0.15, 0.2) is 57.9 Å². The Morgan fingerprint density at radius 1 is 1.00 bits per heavy atom. The van der Waals surface area contributed by atoms with Crippen molar-refractivity contribution in [2.24, 2.45) is 0 Å². The van der Waals surface area contributed by atoms with Gasteiger partial charge in [-0.1, -0.05) is 34.1 Å². The van der Waals surface area contributed by atoms with Gasteiger partial charge >= 0.3 is 0 Å². The van der Waals surface area contributed by atoms with E-state index >= 15 is 0 Å². The van der Waals surface area contributed by atoms with E-state index in [0.29, 0.717) is 12.1 Å². The molecule has 0 aliphatic heterocycles. The molecule has 5 nitrogen and oxygen atoms in total. The van der Waals surface area contributed by atoms with Crippen molar-refractivity contribution in [3.8, 4) is 0 Å². The highest BCUT2D eigenvalue weighted by Crippen LogP contribution is 2.19. The van der Waals surface area contributed by atoms with Crippen LogP contribution in [-0.4, -0.2) is 44.7 Å². The van der Waals surface area contributed by atoms with E-state index in [9.17, 15) is 13.2 Å². The normalized spacial score (nSPS) is 11.5. The third-order valence-corrected chi connectivity index (χ3v) is 6.19. The number of benzene rings is 2. The fraction of sp³-hybridized carbons (Fsp3) is 0.235. The first-order chi connectivity index (χ1) is 11.2. The van der Waals surface area contributed by atoms with Crippen LogP contribution in [0.2, 0.25) is 0 Å². The topological polar surface area (TPSA) is 57.7 Å². The van der Waals surface area contributed by atoms with Crippen LogP contribution >= 0.6 is 15.9 Å². The first-order valence-corrected chi connectivity index (χ1v) is 9.48. The number of hydrogen-bond acceptors (Lipinski definition) is 3. The van der Waals surface area contributed by atoms with Crippen LogP contribution in [0, 0.1) is 0 Å². The molecular formula is C17H19BrN2O3S. The van der Waals surface area contributed by atoms with Gasteiger partial charge in [0, 0.05) is 37.7 Å². The number of amides is 1. The molecule has 0 saturated carbocycles. The summed E-state index contributed by atoms with van der Waals surface area (Å²) in [6, 6.07) is 13.7. The van der Waals surface area contributed by atoms with Crippen molar-refractivity contribution in [2.45, 2.75) is 11.4 Å². The molecule has 2 aromatic carbocycles. The molecule has 0 heterocycles. The van der Waals surface area contributed by atoms with Gasteiger partial charge in [-0.2, -0.15) is 0 Å². The van der Waals surface area contributed by atoms with E-state index < -0.39 is 10.0 Å². The van der Waals surface area contributed by atoms with E-state index in [2.05, 4.69) is 15.9 Å². The zero-order valence-corrected chi connectivity index (χ0v) is 16.1. The van der Waals surface area contributed by atoms with E-state index in [1.54, 1.807) is 11.9 Å². The molecule has 0 aliphatic carbocycles. The Labute approximate surface area is 151 Å². The molecule has 0 saturated heterocycles. The third-order valence-electron chi connectivity index (χ3n) is 3.59. The second-order valence-electron chi connectivity index (χ2n) is 5.56. The van der Waals surface area contributed by atoms with Gasteiger partial charge in [0.15, 0.2) is 0 Å². The predicted octanol–water partition coefficient (Wildman–Crippen LogP) is 2.97. The zero-order valence-electron chi connectivity index (χ0n) is 13.7. The zero-order chi connectivity index (χ0) is 17.9. The molecule has 128 valence electrons. The molecule has 0 atom stereocenters. The first-order valence-electron chi connectivity index (χ1n) is 7.25. The second kappa shape index (κ2) is 7.46. The van der Waals surface area contributed by atoms with Crippen LogP contribution < -0.4 is 0 Å². The first kappa shape index (κ1) is 18.6. The summed E-state index contributed by atoms with van der Waals surface area (Å²) in [6.45, 7) is 0.456. The maximum absolute atomic E-state index is 12.5. The Bertz CT molecular complexity index is 833. The van der Waals surface area contributed by atoms with E-state index in [4.69, 9.17) is 0 Å². The molecule has 2 rings (SSSR count). The van der Waals surface area contributed by atoms with Crippen molar-refractivity contribution in [3.05, 3.63) is 64.1 Å². The number of carbonyl (C=O) groups is 1. The van der Waals surface area contributed by atoms with Gasteiger partial charge in [0.25, 0.3) is 5.91 Å². The standard InChI is InChI=1S/C17H19BrN2O3S/c1-19(2)24(22,23)15-10-8-13(9-11-15)17(21)20(3)12-14-6-4-5-7-16(14)18/h4-11H,12H2,1-3H3. The Hall–Kier alpha value is -1.70. The van der Waals surface area contributed by atoms with E-state index in [0.717, 1.165) is 14.3 Å². The lowest BCUT2D eigenvalue weighted by Crippen LogP contribution is -2.26. The van der Waals surface area contributed by atoms with Gasteiger partial charge in [-0.25, -0.2) is 12.7 Å². The lowest BCUT2D eigenvalue weighted by atomic mass is 10.1. The van der Waals surface area contributed by atoms with Crippen molar-refractivity contribution in [1.82, 2.24) is 9.21 Å². The highest BCUT2D eigenvalue weighted by atomic mass is 79.9. The molecule has 1 amide bonds. The van der Waals surface area contributed by atoms with E-state index in [-0.39, 0.29) is 10.8 Å². The summed E-state index contributed by atoms with van der Waals surface area (Å²) < 4.78 is 26.2. The minimum Gasteiger partial charge on any atom is -0.337 e. The number of carbonyl (C=O) groups excluding carboxylic acids is 1. The molecule has 0 spiro atoms. The summed E-state index contributed by atoms with van der Waals surface area (Å²) >= 11 is 3.47. The summed E-state index contributed by atoms with van der Waals surface area (Å²) in [5.41, 5.74) is 1.45. The Kier molecular flexibility index (Phi) is 5.79. The Morgan fingerprint density at radius 2 is 1.58 bits per heavy atom. The van der Waals surface area contributed by atoms with Crippen LogP contribution in [0.1, 0.15) is 15.9 Å². The highest BCUT2D eigenvalue weighted by Gasteiger charge is 2.18. The molecule has 0 aromatic heterocycles. The second-order valence-corrected chi connectivity index (χ2v) is 8.57. The molecule has 0 bridgehead atoms.